The maximum Gasteiger partial charge on any atom is 0.404 e. The van der Waals surface area contributed by atoms with Crippen LogP contribution >= 0.6 is 11.6 Å². The molecule has 1 fully saturated rings. The second kappa shape index (κ2) is 9.41. The molecule has 0 bridgehead atoms. The fraction of sp³-hybridized carbons (Fsp3) is 0.455. The summed E-state index contributed by atoms with van der Waals surface area (Å²) in [6.45, 7) is -0.942. The van der Waals surface area contributed by atoms with Crippen LogP contribution in [0.2, 0.25) is 5.02 Å². The highest BCUT2D eigenvalue weighted by Gasteiger charge is 2.61. The third kappa shape index (κ3) is 4.82. The minimum atomic E-state index is -4.98. The van der Waals surface area contributed by atoms with Gasteiger partial charge in [-0.1, -0.05) is 18.0 Å². The number of nitrogens with one attached hydrogen (secondary N) is 1. The van der Waals surface area contributed by atoms with Gasteiger partial charge in [-0.3, -0.25) is 0 Å². The Morgan fingerprint density at radius 1 is 1.03 bits per heavy atom. The SMILES string of the molecule is O=S(=O)(CC(F)(F)F)NC[C@@H]1CCCC2(S(=O)(=O)c3ccc(Cl)cc3)c3c(F)ccc(F)c3OC[C@@H]12. The van der Waals surface area contributed by atoms with Crippen molar-refractivity contribution in [3.63, 3.8) is 0 Å². The summed E-state index contributed by atoms with van der Waals surface area (Å²) in [5.74, 6) is -6.59. The van der Waals surface area contributed by atoms with Crippen molar-refractivity contribution in [2.75, 3.05) is 18.9 Å². The van der Waals surface area contributed by atoms with Crippen molar-refractivity contribution in [1.82, 2.24) is 4.72 Å². The minimum Gasteiger partial charge on any atom is -0.490 e. The second-order valence-corrected chi connectivity index (χ2v) is 13.3. The van der Waals surface area contributed by atoms with Gasteiger partial charge >= 0.3 is 6.18 Å². The summed E-state index contributed by atoms with van der Waals surface area (Å²) < 4.78 is 125. The van der Waals surface area contributed by atoms with Gasteiger partial charge in [0.15, 0.2) is 27.2 Å². The van der Waals surface area contributed by atoms with Crippen LogP contribution < -0.4 is 9.46 Å². The number of sulfone groups is 1. The van der Waals surface area contributed by atoms with Crippen LogP contribution in [0.25, 0.3) is 0 Å². The fourth-order valence-electron chi connectivity index (χ4n) is 5.25. The Morgan fingerprint density at radius 2 is 1.67 bits per heavy atom. The first-order valence-corrected chi connectivity index (χ1v) is 14.3. The van der Waals surface area contributed by atoms with Crippen LogP contribution in [0, 0.1) is 23.5 Å². The van der Waals surface area contributed by atoms with Crippen LogP contribution in [0.1, 0.15) is 24.8 Å². The van der Waals surface area contributed by atoms with Gasteiger partial charge < -0.3 is 4.74 Å². The molecule has 1 heterocycles. The van der Waals surface area contributed by atoms with E-state index < -0.39 is 84.5 Å². The van der Waals surface area contributed by atoms with Gasteiger partial charge in [-0.05, 0) is 55.2 Å². The summed E-state index contributed by atoms with van der Waals surface area (Å²) in [5.41, 5.74) is -0.503. The van der Waals surface area contributed by atoms with Crippen LogP contribution in [0.15, 0.2) is 41.3 Å². The van der Waals surface area contributed by atoms with Crippen LogP contribution in [-0.4, -0.2) is 41.9 Å². The summed E-state index contributed by atoms with van der Waals surface area (Å²) in [7, 11) is -9.25. The quantitative estimate of drug-likeness (QED) is 0.511. The molecule has 1 N–H and O–H groups in total. The highest BCUT2D eigenvalue weighted by atomic mass is 35.5. The van der Waals surface area contributed by atoms with Gasteiger partial charge in [0.2, 0.25) is 10.0 Å². The van der Waals surface area contributed by atoms with Crippen molar-refractivity contribution in [3.8, 4) is 5.75 Å². The summed E-state index contributed by atoms with van der Waals surface area (Å²) in [5, 5.41) is 0.244. The molecule has 0 aromatic heterocycles. The molecule has 1 aliphatic carbocycles. The Morgan fingerprint density at radius 3 is 2.31 bits per heavy atom. The molecule has 2 aromatic carbocycles. The van der Waals surface area contributed by atoms with Crippen LogP contribution in [0.4, 0.5) is 22.0 Å². The van der Waals surface area contributed by atoms with E-state index in [4.69, 9.17) is 16.3 Å². The number of alkyl halides is 3. The first kappa shape index (κ1) is 27.1. The van der Waals surface area contributed by atoms with E-state index >= 15 is 4.39 Å². The Labute approximate surface area is 209 Å². The van der Waals surface area contributed by atoms with Gasteiger partial charge in [0.25, 0.3) is 0 Å². The molecule has 0 spiro atoms. The highest BCUT2D eigenvalue weighted by Crippen LogP contribution is 2.58. The summed E-state index contributed by atoms with van der Waals surface area (Å²) >= 11 is 5.89. The first-order valence-electron chi connectivity index (χ1n) is 10.8. The maximum absolute atomic E-state index is 15.3. The van der Waals surface area contributed by atoms with Crippen LogP contribution in [0.5, 0.6) is 5.75 Å². The predicted octanol–water partition coefficient (Wildman–Crippen LogP) is 4.58. The lowest BCUT2D eigenvalue weighted by atomic mass is 9.67. The zero-order valence-corrected chi connectivity index (χ0v) is 20.9. The molecular weight excluding hydrogens is 553 g/mol. The number of sulfonamides is 1. The lowest BCUT2D eigenvalue weighted by molar-refractivity contribution is -0.106. The molecule has 1 aliphatic heterocycles. The van der Waals surface area contributed by atoms with Gasteiger partial charge in [-0.2, -0.15) is 13.2 Å². The van der Waals surface area contributed by atoms with Crippen molar-refractivity contribution in [2.24, 2.45) is 11.8 Å². The molecule has 4 rings (SSSR count). The number of ether oxygens (including phenoxy) is 1. The Hall–Kier alpha value is -1.96. The molecule has 0 saturated heterocycles. The molecule has 0 radical (unpaired) electrons. The van der Waals surface area contributed by atoms with Crippen molar-refractivity contribution in [2.45, 2.75) is 35.1 Å². The van der Waals surface area contributed by atoms with E-state index in [1.165, 1.54) is 24.3 Å². The highest BCUT2D eigenvalue weighted by molar-refractivity contribution is 7.92. The lowest BCUT2D eigenvalue weighted by Gasteiger charge is -2.50. The van der Waals surface area contributed by atoms with Gasteiger partial charge in [0.05, 0.1) is 17.1 Å². The van der Waals surface area contributed by atoms with E-state index in [2.05, 4.69) is 0 Å². The van der Waals surface area contributed by atoms with E-state index in [0.29, 0.717) is 0 Å². The molecule has 36 heavy (non-hydrogen) atoms. The third-order valence-electron chi connectivity index (χ3n) is 6.70. The van der Waals surface area contributed by atoms with E-state index in [0.717, 1.165) is 12.1 Å². The molecule has 6 nitrogen and oxygen atoms in total. The molecule has 1 unspecified atom stereocenters. The van der Waals surface area contributed by atoms with Crippen LogP contribution in [0.3, 0.4) is 0 Å². The van der Waals surface area contributed by atoms with Gasteiger partial charge in [-0.15, -0.1) is 0 Å². The van der Waals surface area contributed by atoms with Crippen molar-refractivity contribution in [3.05, 3.63) is 58.6 Å². The molecule has 198 valence electrons. The molecule has 0 amide bonds. The Balaban J connectivity index is 1.83. The summed E-state index contributed by atoms with van der Waals surface area (Å²) in [6.07, 6.45) is -4.73. The average Bonchev–Trinajstić information content (AvgIpc) is 2.78. The van der Waals surface area contributed by atoms with Gasteiger partial charge in [0, 0.05) is 17.5 Å². The second-order valence-electron chi connectivity index (χ2n) is 8.87. The number of hydrogen-bond donors (Lipinski definition) is 1. The molecule has 1 saturated carbocycles. The molecule has 2 aromatic rings. The Bertz CT molecular complexity index is 1370. The zero-order valence-electron chi connectivity index (χ0n) is 18.5. The van der Waals surface area contributed by atoms with Gasteiger partial charge in [-0.25, -0.2) is 30.3 Å². The van der Waals surface area contributed by atoms with E-state index in [1.807, 2.05) is 4.72 Å². The standard InChI is InChI=1S/C22H21ClF5NO5S2/c23-14-3-5-15(6-4-14)36(32,33)21-9-1-2-13(10-29-35(30,31)12-22(26,27)28)16(21)11-34-20-18(25)8-7-17(24)19(20)21/h3-8,13,16,29H,1-2,9-12H2/t13-,16-,21?/m0/s1. The fourth-order valence-corrected chi connectivity index (χ4v) is 8.83. The maximum atomic E-state index is 15.3. The third-order valence-corrected chi connectivity index (χ3v) is 10.8. The summed E-state index contributed by atoms with van der Waals surface area (Å²) in [6, 6.07) is 6.70. The lowest BCUT2D eigenvalue weighted by Crippen LogP contribution is -2.56. The predicted molar refractivity (Wildman–Crippen MR) is 121 cm³/mol. The summed E-state index contributed by atoms with van der Waals surface area (Å²) in [4.78, 5) is -0.216. The molecule has 3 atom stereocenters. The first-order chi connectivity index (χ1) is 16.7. The number of fused-ring (bicyclic) bond motifs is 3. The van der Waals surface area contributed by atoms with Crippen molar-refractivity contribution >= 4 is 31.5 Å². The van der Waals surface area contributed by atoms with Crippen molar-refractivity contribution < 1.29 is 43.5 Å². The zero-order chi connectivity index (χ0) is 26.5. The van der Waals surface area contributed by atoms with E-state index in [-0.39, 0.29) is 29.2 Å². The molecule has 14 heteroatoms. The largest absolute Gasteiger partial charge is 0.490 e. The van der Waals surface area contributed by atoms with E-state index in [1.54, 1.807) is 0 Å². The molecular formula is C22H21ClF5NO5S2. The van der Waals surface area contributed by atoms with Crippen LogP contribution in [-0.2, 0) is 24.6 Å². The van der Waals surface area contributed by atoms with Gasteiger partial charge in [0.1, 0.15) is 10.6 Å². The number of halogens is 6. The van der Waals surface area contributed by atoms with E-state index in [9.17, 15) is 34.4 Å². The Kier molecular flexibility index (Phi) is 7.08. The van der Waals surface area contributed by atoms with Crippen molar-refractivity contribution in [1.29, 1.82) is 0 Å². The smallest absolute Gasteiger partial charge is 0.404 e. The molecule has 2 aliphatic rings. The minimum absolute atomic E-state index is 0.134. The number of hydrogen-bond acceptors (Lipinski definition) is 5. The number of benzene rings is 2. The topological polar surface area (TPSA) is 89.5 Å². The number of rotatable bonds is 6. The normalized spacial score (nSPS) is 24.5. The average molecular weight is 574 g/mol. The monoisotopic (exact) mass is 573 g/mol.